The maximum Gasteiger partial charge on any atom is 0.120 e. The number of hydrogen-bond donors (Lipinski definition) is 1. The lowest BCUT2D eigenvalue weighted by Crippen LogP contribution is -2.06. The van der Waals surface area contributed by atoms with Crippen molar-refractivity contribution in [1.82, 2.24) is 0 Å². The van der Waals surface area contributed by atoms with Crippen LogP contribution in [0.1, 0.15) is 17.2 Å². The van der Waals surface area contributed by atoms with Crippen LogP contribution in [0.25, 0.3) is 0 Å². The number of nitrogens with two attached hydrogens (primary N) is 1. The van der Waals surface area contributed by atoms with Crippen LogP contribution in [0.3, 0.4) is 0 Å². The first-order valence-electron chi connectivity index (χ1n) is 5.94. The molecule has 0 bridgehead atoms. The third-order valence-electron chi connectivity index (χ3n) is 2.75. The summed E-state index contributed by atoms with van der Waals surface area (Å²) >= 11 is 0. The van der Waals surface area contributed by atoms with Crippen LogP contribution in [0.5, 0.6) is 5.75 Å². The molecule has 2 heteroatoms. The van der Waals surface area contributed by atoms with Crippen molar-refractivity contribution in [2.45, 2.75) is 12.6 Å². The summed E-state index contributed by atoms with van der Waals surface area (Å²) in [5.74, 6) is 0.827. The minimum atomic E-state index is -0.148. The first-order valence-corrected chi connectivity index (χ1v) is 5.94. The highest BCUT2D eigenvalue weighted by Gasteiger charge is 2.02. The summed E-state index contributed by atoms with van der Waals surface area (Å²) in [5.41, 5.74) is 8.06. The Bertz CT molecular complexity index is 508. The Balaban J connectivity index is 2.04. The smallest absolute Gasteiger partial charge is 0.120 e. The molecule has 2 aromatic rings. The molecule has 0 saturated heterocycles. The van der Waals surface area contributed by atoms with Crippen LogP contribution < -0.4 is 10.5 Å². The SMILES string of the molecule is C=C[C@@H](N)c1cccc(OCc2ccccc2)c1. The minimum absolute atomic E-state index is 0.148. The van der Waals surface area contributed by atoms with Crippen molar-refractivity contribution >= 4 is 0 Å². The van der Waals surface area contributed by atoms with Gasteiger partial charge in [0.05, 0.1) is 0 Å². The quantitative estimate of drug-likeness (QED) is 0.811. The molecule has 0 heterocycles. The highest BCUT2D eigenvalue weighted by Crippen LogP contribution is 2.19. The first-order chi connectivity index (χ1) is 8.79. The van der Waals surface area contributed by atoms with Crippen molar-refractivity contribution in [3.63, 3.8) is 0 Å². The van der Waals surface area contributed by atoms with Crippen LogP contribution in [-0.2, 0) is 6.61 Å². The van der Waals surface area contributed by atoms with Crippen molar-refractivity contribution < 1.29 is 4.74 Å². The fourth-order valence-electron chi connectivity index (χ4n) is 1.69. The Hall–Kier alpha value is -2.06. The van der Waals surface area contributed by atoms with E-state index >= 15 is 0 Å². The van der Waals surface area contributed by atoms with Gasteiger partial charge < -0.3 is 10.5 Å². The van der Waals surface area contributed by atoms with E-state index in [-0.39, 0.29) is 6.04 Å². The number of rotatable bonds is 5. The Morgan fingerprint density at radius 3 is 2.61 bits per heavy atom. The molecule has 2 rings (SSSR count). The van der Waals surface area contributed by atoms with Crippen LogP contribution in [0.2, 0.25) is 0 Å². The van der Waals surface area contributed by atoms with Gasteiger partial charge in [-0.1, -0.05) is 48.5 Å². The molecule has 2 N–H and O–H groups in total. The number of benzene rings is 2. The van der Waals surface area contributed by atoms with Crippen molar-refractivity contribution in [2.24, 2.45) is 5.73 Å². The highest BCUT2D eigenvalue weighted by atomic mass is 16.5. The Morgan fingerprint density at radius 1 is 1.11 bits per heavy atom. The van der Waals surface area contributed by atoms with Gasteiger partial charge in [-0.3, -0.25) is 0 Å². The summed E-state index contributed by atoms with van der Waals surface area (Å²) in [7, 11) is 0. The summed E-state index contributed by atoms with van der Waals surface area (Å²) in [6.07, 6.45) is 1.72. The highest BCUT2D eigenvalue weighted by molar-refractivity contribution is 5.32. The normalized spacial score (nSPS) is 11.8. The molecular formula is C16H17NO. The molecular weight excluding hydrogens is 222 g/mol. The van der Waals surface area contributed by atoms with E-state index in [0.717, 1.165) is 16.9 Å². The maximum absolute atomic E-state index is 5.90. The lowest BCUT2D eigenvalue weighted by Gasteiger charge is -2.10. The molecule has 0 fully saturated rings. The second-order valence-corrected chi connectivity index (χ2v) is 4.11. The number of ether oxygens (including phenoxy) is 1. The van der Waals surface area contributed by atoms with Gasteiger partial charge >= 0.3 is 0 Å². The van der Waals surface area contributed by atoms with Gasteiger partial charge in [-0.15, -0.1) is 6.58 Å². The average Bonchev–Trinajstić information content (AvgIpc) is 2.45. The summed E-state index contributed by atoms with van der Waals surface area (Å²) < 4.78 is 5.74. The zero-order valence-electron chi connectivity index (χ0n) is 10.3. The molecule has 0 aliphatic rings. The van der Waals surface area contributed by atoms with Crippen LogP contribution in [-0.4, -0.2) is 0 Å². The lowest BCUT2D eigenvalue weighted by molar-refractivity contribution is 0.306. The molecule has 2 aromatic carbocycles. The predicted molar refractivity (Wildman–Crippen MR) is 74.3 cm³/mol. The van der Waals surface area contributed by atoms with Gasteiger partial charge in [0.2, 0.25) is 0 Å². The average molecular weight is 239 g/mol. The third kappa shape index (κ3) is 3.22. The van der Waals surface area contributed by atoms with Gasteiger partial charge in [0.1, 0.15) is 12.4 Å². The fraction of sp³-hybridized carbons (Fsp3) is 0.125. The monoisotopic (exact) mass is 239 g/mol. The lowest BCUT2D eigenvalue weighted by atomic mass is 10.1. The van der Waals surface area contributed by atoms with Gasteiger partial charge in [-0.2, -0.15) is 0 Å². The molecule has 18 heavy (non-hydrogen) atoms. The molecule has 0 radical (unpaired) electrons. The van der Waals surface area contributed by atoms with Crippen LogP contribution in [0, 0.1) is 0 Å². The summed E-state index contributed by atoms with van der Waals surface area (Å²) in [5, 5.41) is 0. The maximum atomic E-state index is 5.90. The summed E-state index contributed by atoms with van der Waals surface area (Å²) in [6, 6.07) is 17.7. The first kappa shape index (κ1) is 12.4. The summed E-state index contributed by atoms with van der Waals surface area (Å²) in [6.45, 7) is 4.26. The van der Waals surface area contributed by atoms with E-state index in [4.69, 9.17) is 10.5 Å². The van der Waals surface area contributed by atoms with E-state index in [0.29, 0.717) is 6.61 Å². The van der Waals surface area contributed by atoms with E-state index < -0.39 is 0 Å². The fourth-order valence-corrected chi connectivity index (χ4v) is 1.69. The van der Waals surface area contributed by atoms with Gasteiger partial charge in [-0.25, -0.2) is 0 Å². The minimum Gasteiger partial charge on any atom is -0.489 e. The van der Waals surface area contributed by atoms with Crippen molar-refractivity contribution in [3.8, 4) is 5.75 Å². The molecule has 0 saturated carbocycles. The predicted octanol–water partition coefficient (Wildman–Crippen LogP) is 3.45. The van der Waals surface area contributed by atoms with Gasteiger partial charge in [0, 0.05) is 6.04 Å². The topological polar surface area (TPSA) is 35.2 Å². The number of hydrogen-bond acceptors (Lipinski definition) is 2. The van der Waals surface area contributed by atoms with Gasteiger partial charge in [-0.05, 0) is 23.3 Å². The molecule has 92 valence electrons. The second kappa shape index (κ2) is 6.03. The van der Waals surface area contributed by atoms with Crippen LogP contribution >= 0.6 is 0 Å². The molecule has 0 unspecified atom stereocenters. The second-order valence-electron chi connectivity index (χ2n) is 4.11. The molecule has 0 amide bonds. The van der Waals surface area contributed by atoms with Gasteiger partial charge in [0.25, 0.3) is 0 Å². The zero-order chi connectivity index (χ0) is 12.8. The van der Waals surface area contributed by atoms with E-state index in [1.54, 1.807) is 6.08 Å². The molecule has 0 aliphatic heterocycles. The van der Waals surface area contributed by atoms with E-state index in [2.05, 4.69) is 6.58 Å². The van der Waals surface area contributed by atoms with Crippen LogP contribution in [0.4, 0.5) is 0 Å². The molecule has 0 aliphatic carbocycles. The standard InChI is InChI=1S/C16H17NO/c1-2-16(17)14-9-6-10-15(11-14)18-12-13-7-4-3-5-8-13/h2-11,16H,1,12,17H2/t16-/m1/s1. The zero-order valence-corrected chi connectivity index (χ0v) is 10.3. The molecule has 0 aromatic heterocycles. The molecule has 2 nitrogen and oxygen atoms in total. The molecule has 1 atom stereocenters. The molecule has 0 spiro atoms. The van der Waals surface area contributed by atoms with Crippen molar-refractivity contribution in [2.75, 3.05) is 0 Å². The Kier molecular flexibility index (Phi) is 4.15. The largest absolute Gasteiger partial charge is 0.489 e. The third-order valence-corrected chi connectivity index (χ3v) is 2.75. The van der Waals surface area contributed by atoms with Gasteiger partial charge in [0.15, 0.2) is 0 Å². The Labute approximate surface area is 108 Å². The summed E-state index contributed by atoms with van der Waals surface area (Å²) in [4.78, 5) is 0. The van der Waals surface area contributed by atoms with E-state index in [1.165, 1.54) is 0 Å². The van der Waals surface area contributed by atoms with Crippen molar-refractivity contribution in [3.05, 3.63) is 78.4 Å². The van der Waals surface area contributed by atoms with Crippen LogP contribution in [0.15, 0.2) is 67.3 Å². The Morgan fingerprint density at radius 2 is 1.89 bits per heavy atom. The van der Waals surface area contributed by atoms with E-state index in [1.807, 2.05) is 54.6 Å². The van der Waals surface area contributed by atoms with Crippen molar-refractivity contribution in [1.29, 1.82) is 0 Å². The van der Waals surface area contributed by atoms with E-state index in [9.17, 15) is 0 Å².